The van der Waals surface area contributed by atoms with E-state index >= 15 is 0 Å². The van der Waals surface area contributed by atoms with E-state index in [0.29, 0.717) is 46.5 Å². The number of aromatic nitrogens is 1. The molecule has 0 aliphatic carbocycles. The number of carboxylic acid groups (broad SMARTS) is 1. The zero-order chi connectivity index (χ0) is 75.7. The number of aliphatic carboxylic acids is 1. The average Bonchev–Trinajstić information content (AvgIpc) is 0.833. The van der Waals surface area contributed by atoms with Gasteiger partial charge in [0, 0.05) is 75.5 Å². The van der Waals surface area contributed by atoms with Gasteiger partial charge in [-0.3, -0.25) is 52.9 Å². The summed E-state index contributed by atoms with van der Waals surface area (Å²) in [5.41, 5.74) is 11.8. The molecule has 4 atom stereocenters. The van der Waals surface area contributed by atoms with Crippen LogP contribution < -0.4 is 78.6 Å². The van der Waals surface area contributed by atoms with Crippen LogP contribution in [0.25, 0.3) is 5.32 Å². The predicted molar refractivity (Wildman–Crippen MR) is 375 cm³/mol. The Labute approximate surface area is 604 Å². The molecule has 34 nitrogen and oxygen atoms in total. The zero-order valence-electron chi connectivity index (χ0n) is 56.4. The van der Waals surface area contributed by atoms with Crippen LogP contribution >= 0.6 is 7.92 Å². The summed E-state index contributed by atoms with van der Waals surface area (Å²) in [7, 11) is -1.57. The predicted octanol–water partition coefficient (Wildman–Crippen LogP) is -4.29. The van der Waals surface area contributed by atoms with E-state index < -0.39 is 112 Å². The van der Waals surface area contributed by atoms with Gasteiger partial charge in [-0.15, -0.1) is 0 Å². The molecule has 4 aromatic carbocycles. The van der Waals surface area contributed by atoms with Crippen molar-refractivity contribution in [3.05, 3.63) is 155 Å². The number of aliphatic hydroxyl groups excluding tert-OH is 6. The van der Waals surface area contributed by atoms with Crippen LogP contribution in [0, 0.1) is 0 Å². The smallest absolute Gasteiger partial charge is 0.282 e. The summed E-state index contributed by atoms with van der Waals surface area (Å²) in [6.07, 6.45) is 2.21. The Bertz CT molecular complexity index is 3520. The van der Waals surface area contributed by atoms with Gasteiger partial charge in [0.05, 0.1) is 34.3 Å². The Hall–Kier alpha value is -10.0. The number of rotatable bonds is 33. The summed E-state index contributed by atoms with van der Waals surface area (Å²) >= 11 is 1.71. The number of nitrogens with two attached hydrogens (primary N) is 2. The fourth-order valence-electron chi connectivity index (χ4n) is 9.56. The van der Waals surface area contributed by atoms with E-state index in [1.807, 2.05) is 36.4 Å². The van der Waals surface area contributed by atoms with E-state index in [1.165, 1.54) is 13.1 Å². The van der Waals surface area contributed by atoms with Crippen LogP contribution in [-0.4, -0.2) is 227 Å². The SMILES string of the molecule is CC(=O)C[C@@H]1NC(=O)CNC(=O)[C@H](CCCN=C(N)N)NC(=O)[C@H](CCCCNC(=O)c2ccc(N=[N+]=[Tc])nc2)NC(=O)[C@@H](Cc2ccccc2)NC1=O.O=C(NCCO)c1ccc([PH+](c2ccc(C(=O)NCCO)cc2)c2ccc(C(=O)NCCO)cc2)cc1.O=C(O)C[N-]C(CO)(CO)CO. The minimum Gasteiger partial charge on any atom is -0.642 e. The number of carbonyl (C=O) groups excluding carboxylic acids is 10. The number of Topliss-reactive ketones (excluding diaryl/α,β-unsaturated/α-hetero) is 1. The molecule has 5 aromatic rings. The number of pyridine rings is 1. The minimum absolute atomic E-state index is 0.0176. The maximum absolute atomic E-state index is 13.9. The average molecular weight is 1530 g/mol. The van der Waals surface area contributed by atoms with E-state index in [0.717, 1.165) is 15.9 Å². The molecule has 36 heteroatoms. The normalized spacial score (nSPS) is 15.4. The van der Waals surface area contributed by atoms with Crippen LogP contribution in [-0.2, 0) is 58.7 Å². The molecule has 555 valence electrons. The number of aliphatic imine (C=N–C) groups is 1. The standard InChI is InChI=1S/C34H45N12O7.C27H30N3O6P.C6H12NO5.Tc/c1-20(47)16-25-32(52)45-26(17-21-8-3-2-4-9-21)33(53)44-24(10-5-6-14-38-29(49)22-12-13-27(46-37)40-18-22)31(51)43-23(11-7-15-39-34(35)36)30(50)41-19-28(48)42-25;31-16-13-28-25(34)19-1-7-22(8-2-19)37(23-9-3-20(4-10-23)26(35)29-14-17-32)24-11-5-21(6-12-24)27(36)30-15-18-33;8-2-6(3-9,4-10)7-1-5(11)12;/h2-4,8-9,12-13,18,23-26H,5-7,10-11,14-17,19H2,1H3,(H,38,49)(H,41,50)(H,42,48)(H,43,51)(H,44,53)(H,45,52)(H4,35,36,39);1-12,31-33H,13-18H2,(H,28,34)(H,29,35)(H,30,36);8-10H,1-4H2,(H,11,12);/q-1;;-1;+2/p+1/t23-,24-,25-,26+;;;/m0.../s1. The number of unbranched alkanes of at least 4 members (excludes halogenated alkanes) is 1. The Balaban J connectivity index is 0.000000393. The van der Waals surface area contributed by atoms with Gasteiger partial charge in [0.1, 0.15) is 45.9 Å². The van der Waals surface area contributed by atoms with Gasteiger partial charge in [0.15, 0.2) is 5.96 Å². The van der Waals surface area contributed by atoms with Gasteiger partial charge < -0.3 is 95.1 Å². The van der Waals surface area contributed by atoms with Crippen molar-refractivity contribution in [1.82, 2.24) is 56.2 Å². The molecule has 0 saturated carbocycles. The van der Waals surface area contributed by atoms with Gasteiger partial charge in [-0.05, 0) is 105 Å². The third-order valence-electron chi connectivity index (χ3n) is 15.0. The van der Waals surface area contributed by atoms with Gasteiger partial charge >= 0.3 is 104 Å². The van der Waals surface area contributed by atoms with Crippen LogP contribution in [0.3, 0.4) is 0 Å². The molecule has 20 N–H and O–H groups in total. The first-order chi connectivity index (χ1) is 49.4. The molecule has 9 amide bonds. The molecule has 103 heavy (non-hydrogen) atoms. The summed E-state index contributed by atoms with van der Waals surface area (Å²) in [6, 6.07) is 28.8. The van der Waals surface area contributed by atoms with Gasteiger partial charge in [-0.1, -0.05) is 35.9 Å². The Morgan fingerprint density at radius 2 is 1.03 bits per heavy atom. The molecule has 1 aliphatic rings. The van der Waals surface area contributed by atoms with Crippen molar-refractivity contribution in [2.24, 2.45) is 21.6 Å². The molecule has 0 bridgehead atoms. The van der Waals surface area contributed by atoms with Crippen molar-refractivity contribution in [1.29, 1.82) is 0 Å². The summed E-state index contributed by atoms with van der Waals surface area (Å²) in [5.74, 6) is -6.24. The van der Waals surface area contributed by atoms with E-state index in [-0.39, 0.29) is 114 Å². The molecule has 0 radical (unpaired) electrons. The number of nitrogens with zero attached hydrogens (tertiary/aromatic N) is 5. The second kappa shape index (κ2) is 46.5. The van der Waals surface area contributed by atoms with Crippen molar-refractivity contribution in [3.8, 4) is 0 Å². The minimum atomic E-state index is -1.57. The van der Waals surface area contributed by atoms with Crippen LogP contribution in [0.1, 0.15) is 92.4 Å². The first-order valence-corrected chi connectivity index (χ1v) is 34.7. The van der Waals surface area contributed by atoms with Crippen LogP contribution in [0.4, 0.5) is 5.82 Å². The molecule has 6 rings (SSSR count). The second-order valence-electron chi connectivity index (χ2n) is 22.9. The number of guanidine groups is 1. The third-order valence-corrected chi connectivity index (χ3v) is 17.9. The van der Waals surface area contributed by atoms with Crippen LogP contribution in [0.15, 0.2) is 132 Å². The number of hydrogen-bond acceptors (Lipinski definition) is 20. The Morgan fingerprint density at radius 3 is 1.48 bits per heavy atom. The molecule has 1 saturated heterocycles. The number of benzene rings is 4. The van der Waals surface area contributed by atoms with Crippen molar-refractivity contribution >= 4 is 101 Å². The first kappa shape index (κ1) is 85.4. The molecule has 2 heterocycles. The van der Waals surface area contributed by atoms with E-state index in [1.54, 1.807) is 97.6 Å². The van der Waals surface area contributed by atoms with Gasteiger partial charge in [0.25, 0.3) is 23.7 Å². The fourth-order valence-corrected chi connectivity index (χ4v) is 12.3. The Kier molecular flexibility index (Phi) is 38.5. The molecular weight excluding hydrogens is 1450 g/mol. The fraction of sp³-hybridized carbons (Fsp3) is 0.388. The van der Waals surface area contributed by atoms with Crippen LogP contribution in [0.2, 0.25) is 0 Å². The summed E-state index contributed by atoms with van der Waals surface area (Å²) in [6.45, 7) is -1.10. The topological polar surface area (TPSA) is 556 Å². The summed E-state index contributed by atoms with van der Waals surface area (Å²) in [5, 5.41) is 95.0. The zero-order valence-corrected chi connectivity index (χ0v) is 59.2. The number of nitrogens with one attached hydrogen (secondary N) is 9. The number of ketones is 1. The number of aliphatic hydroxyl groups is 6. The monoisotopic (exact) mass is 1530 g/mol. The summed E-state index contributed by atoms with van der Waals surface area (Å²) < 4.78 is 3.61. The quantitative estimate of drug-likeness (QED) is 0.00472. The van der Waals surface area contributed by atoms with Crippen molar-refractivity contribution in [3.63, 3.8) is 0 Å². The summed E-state index contributed by atoms with van der Waals surface area (Å²) in [4.78, 5) is 147. The van der Waals surface area contributed by atoms with Gasteiger partial charge in [-0.25, -0.2) is 0 Å². The number of hydrogen-bond donors (Lipinski definition) is 18. The maximum Gasteiger partial charge on any atom is 0.282 e. The second-order valence-corrected chi connectivity index (χ2v) is 25.7. The maximum atomic E-state index is 13.9. The number of carboxylic acids is 1. The first-order valence-electron chi connectivity index (χ1n) is 32.4. The molecular formula is C67H88N16O18PTc+. The van der Waals surface area contributed by atoms with E-state index in [2.05, 4.69) is 71.7 Å². The largest absolute Gasteiger partial charge is 0.642 e. The number of amides is 9. The van der Waals surface area contributed by atoms with E-state index in [4.69, 9.17) is 47.2 Å². The molecule has 1 aromatic heterocycles. The molecule has 1 fully saturated rings. The third kappa shape index (κ3) is 30.6. The van der Waals surface area contributed by atoms with Gasteiger partial charge in [-0.2, -0.15) is 0 Å². The number of carbonyl (C=O) groups is 11. The van der Waals surface area contributed by atoms with E-state index in [9.17, 15) is 52.7 Å². The Morgan fingerprint density at radius 1 is 0.583 bits per heavy atom. The van der Waals surface area contributed by atoms with Gasteiger partial charge in [0.2, 0.25) is 29.5 Å². The van der Waals surface area contributed by atoms with Crippen molar-refractivity contribution in [2.45, 2.75) is 81.6 Å². The van der Waals surface area contributed by atoms with Crippen LogP contribution in [0.5, 0.6) is 0 Å². The molecule has 0 unspecified atom stereocenters. The molecule has 0 spiro atoms. The molecule has 1 aliphatic heterocycles. The van der Waals surface area contributed by atoms with Crippen molar-refractivity contribution < 1.29 is 107 Å². The van der Waals surface area contributed by atoms with Crippen molar-refractivity contribution in [2.75, 3.05) is 85.5 Å².